The molecule has 14 heavy (non-hydrogen) atoms. The molecule has 0 N–H and O–H groups in total. The predicted octanol–water partition coefficient (Wildman–Crippen LogP) is 1.83. The lowest BCUT2D eigenvalue weighted by Crippen LogP contribution is -2.22. The van der Waals surface area contributed by atoms with Crippen LogP contribution in [0.4, 0.5) is 0 Å². The smallest absolute Gasteiger partial charge is 0.168 e. The second-order valence-electron chi connectivity index (χ2n) is 3.97. The molecule has 0 unspecified atom stereocenters. The van der Waals surface area contributed by atoms with Crippen LogP contribution in [-0.4, -0.2) is 14.0 Å². The van der Waals surface area contributed by atoms with Gasteiger partial charge in [0.15, 0.2) is 10.7 Å². The van der Waals surface area contributed by atoms with Gasteiger partial charge in [-0.1, -0.05) is 0 Å². The summed E-state index contributed by atoms with van der Waals surface area (Å²) < 4.78 is 26.7. The molecule has 0 spiro atoms. The van der Waals surface area contributed by atoms with Crippen LogP contribution in [0.2, 0.25) is 0 Å². The molecular formula is C10H14O3S. The van der Waals surface area contributed by atoms with Gasteiger partial charge in [0.2, 0.25) is 0 Å². The topological polar surface area (TPSA) is 43.4 Å². The molecule has 78 valence electrons. The van der Waals surface area contributed by atoms with E-state index < -0.39 is 10.7 Å². The highest BCUT2D eigenvalue weighted by Crippen LogP contribution is 2.18. The molecule has 1 aromatic carbocycles. The molecule has 0 bridgehead atoms. The van der Waals surface area contributed by atoms with Crippen molar-refractivity contribution < 1.29 is 13.2 Å². The maximum atomic E-state index is 10.6. The third kappa shape index (κ3) is 3.38. The van der Waals surface area contributed by atoms with Crippen LogP contribution in [0, 0.1) is 0 Å². The van der Waals surface area contributed by atoms with Crippen LogP contribution < -0.4 is 4.74 Å². The third-order valence-corrected chi connectivity index (χ3v) is 2.19. The van der Waals surface area contributed by atoms with Crippen molar-refractivity contribution in [3.63, 3.8) is 0 Å². The van der Waals surface area contributed by atoms with E-state index in [-0.39, 0.29) is 5.60 Å². The summed E-state index contributed by atoms with van der Waals surface area (Å²) in [7, 11) is -2.50. The van der Waals surface area contributed by atoms with Crippen molar-refractivity contribution in [3.05, 3.63) is 24.3 Å². The molecule has 1 rings (SSSR count). The zero-order valence-electron chi connectivity index (χ0n) is 8.48. The van der Waals surface area contributed by atoms with Crippen LogP contribution >= 0.6 is 0 Å². The molecule has 3 nitrogen and oxygen atoms in total. The standard InChI is InChI=1S/C10H14O3S/c1-10(2,3)13-8-4-6-9(7-5-8)14(11)12/h4-7,14H,1-3H3. The number of hydrogen-bond donors (Lipinski definition) is 1. The first-order chi connectivity index (χ1) is 6.38. The molecule has 0 saturated carbocycles. The first-order valence-electron chi connectivity index (χ1n) is 4.32. The molecule has 1 aromatic rings. The van der Waals surface area contributed by atoms with Gasteiger partial charge in [0.05, 0.1) is 4.90 Å². The summed E-state index contributed by atoms with van der Waals surface area (Å²) in [6, 6.07) is 6.39. The monoisotopic (exact) mass is 214 g/mol. The van der Waals surface area contributed by atoms with E-state index in [1.807, 2.05) is 20.8 Å². The first-order valence-corrected chi connectivity index (χ1v) is 5.50. The summed E-state index contributed by atoms with van der Waals surface area (Å²) >= 11 is 0. The van der Waals surface area contributed by atoms with Gasteiger partial charge in [0, 0.05) is 0 Å². The van der Waals surface area contributed by atoms with Gasteiger partial charge in [-0.05, 0) is 45.0 Å². The fourth-order valence-electron chi connectivity index (χ4n) is 0.989. The lowest BCUT2D eigenvalue weighted by Gasteiger charge is -2.21. The average Bonchev–Trinajstić information content (AvgIpc) is 2.02. The summed E-state index contributed by atoms with van der Waals surface area (Å²) in [5.74, 6) is 0.679. The highest BCUT2D eigenvalue weighted by molar-refractivity contribution is 7.72. The Morgan fingerprint density at radius 3 is 1.93 bits per heavy atom. The van der Waals surface area contributed by atoms with E-state index >= 15 is 0 Å². The predicted molar refractivity (Wildman–Crippen MR) is 55.4 cm³/mol. The van der Waals surface area contributed by atoms with Gasteiger partial charge in [-0.3, -0.25) is 0 Å². The van der Waals surface area contributed by atoms with E-state index in [1.54, 1.807) is 12.1 Å². The molecule has 0 aliphatic rings. The molecular weight excluding hydrogens is 200 g/mol. The van der Waals surface area contributed by atoms with Crippen molar-refractivity contribution in [2.45, 2.75) is 31.3 Å². The zero-order valence-corrected chi connectivity index (χ0v) is 9.38. The van der Waals surface area contributed by atoms with E-state index in [2.05, 4.69) is 0 Å². The Bertz CT molecular complexity index is 363. The van der Waals surface area contributed by atoms with Gasteiger partial charge in [-0.25, -0.2) is 8.42 Å². The maximum Gasteiger partial charge on any atom is 0.168 e. The van der Waals surface area contributed by atoms with Crippen LogP contribution in [0.25, 0.3) is 0 Å². The normalized spacial score (nSPS) is 11.7. The lowest BCUT2D eigenvalue weighted by atomic mass is 10.2. The Kier molecular flexibility index (Phi) is 3.16. The van der Waals surface area contributed by atoms with Crippen molar-refractivity contribution in [1.29, 1.82) is 0 Å². The third-order valence-electron chi connectivity index (χ3n) is 1.47. The zero-order chi connectivity index (χ0) is 10.8. The van der Waals surface area contributed by atoms with Crippen molar-refractivity contribution >= 4 is 10.7 Å². The van der Waals surface area contributed by atoms with Crippen LogP contribution in [0.3, 0.4) is 0 Å². The number of thiol groups is 1. The van der Waals surface area contributed by atoms with E-state index in [4.69, 9.17) is 4.74 Å². The van der Waals surface area contributed by atoms with Crippen molar-refractivity contribution in [3.8, 4) is 5.75 Å². The fourth-order valence-corrected chi connectivity index (χ4v) is 1.38. The Labute approximate surface area is 85.7 Å². The molecule has 0 aliphatic heterocycles. The summed E-state index contributed by atoms with van der Waals surface area (Å²) in [4.78, 5) is 0.307. The Morgan fingerprint density at radius 1 is 1.07 bits per heavy atom. The van der Waals surface area contributed by atoms with Crippen molar-refractivity contribution in [1.82, 2.24) is 0 Å². The molecule has 0 amide bonds. The summed E-state index contributed by atoms with van der Waals surface area (Å²) in [6.07, 6.45) is 0. The van der Waals surface area contributed by atoms with E-state index in [9.17, 15) is 8.42 Å². The maximum absolute atomic E-state index is 10.6. The molecule has 0 heterocycles. The lowest BCUT2D eigenvalue weighted by molar-refractivity contribution is 0.131. The highest BCUT2D eigenvalue weighted by Gasteiger charge is 2.11. The van der Waals surface area contributed by atoms with Gasteiger partial charge in [-0.2, -0.15) is 0 Å². The second-order valence-corrected chi connectivity index (χ2v) is 5.00. The second kappa shape index (κ2) is 4.00. The van der Waals surface area contributed by atoms with E-state index in [1.165, 1.54) is 12.1 Å². The fraction of sp³-hybridized carbons (Fsp3) is 0.400. The van der Waals surface area contributed by atoms with Crippen molar-refractivity contribution in [2.75, 3.05) is 0 Å². The summed E-state index contributed by atoms with van der Waals surface area (Å²) in [5.41, 5.74) is -0.263. The summed E-state index contributed by atoms with van der Waals surface area (Å²) in [6.45, 7) is 5.82. The minimum Gasteiger partial charge on any atom is -0.488 e. The Morgan fingerprint density at radius 2 is 1.57 bits per heavy atom. The van der Waals surface area contributed by atoms with Gasteiger partial charge in [-0.15, -0.1) is 0 Å². The van der Waals surface area contributed by atoms with E-state index in [0.717, 1.165) is 0 Å². The highest BCUT2D eigenvalue weighted by atomic mass is 32.2. The minimum atomic E-state index is -2.50. The quantitative estimate of drug-likeness (QED) is 0.764. The number of ether oxygens (including phenoxy) is 1. The van der Waals surface area contributed by atoms with Crippen LogP contribution in [0.1, 0.15) is 20.8 Å². The average molecular weight is 214 g/mol. The van der Waals surface area contributed by atoms with Crippen LogP contribution in [0.15, 0.2) is 29.2 Å². The number of hydrogen-bond acceptors (Lipinski definition) is 3. The van der Waals surface area contributed by atoms with E-state index in [0.29, 0.717) is 10.6 Å². The molecule has 0 aromatic heterocycles. The molecule has 0 saturated heterocycles. The Balaban J connectivity index is 2.84. The molecule has 0 atom stereocenters. The van der Waals surface area contributed by atoms with Gasteiger partial charge >= 0.3 is 0 Å². The minimum absolute atomic E-state index is 0.263. The first kappa shape index (κ1) is 11.0. The van der Waals surface area contributed by atoms with Gasteiger partial charge in [0.25, 0.3) is 0 Å². The molecule has 0 fully saturated rings. The molecule has 0 aliphatic carbocycles. The molecule has 4 heteroatoms. The van der Waals surface area contributed by atoms with Gasteiger partial charge in [0.1, 0.15) is 11.4 Å². The Hall–Kier alpha value is -1.03. The SMILES string of the molecule is CC(C)(C)Oc1ccc([SH](=O)=O)cc1. The molecule has 0 radical (unpaired) electrons. The van der Waals surface area contributed by atoms with Crippen molar-refractivity contribution in [2.24, 2.45) is 0 Å². The number of benzene rings is 1. The summed E-state index contributed by atoms with van der Waals surface area (Å²) in [5, 5.41) is 0. The van der Waals surface area contributed by atoms with Gasteiger partial charge < -0.3 is 4.74 Å². The number of rotatable bonds is 2. The van der Waals surface area contributed by atoms with Crippen LogP contribution in [-0.2, 0) is 10.7 Å². The largest absolute Gasteiger partial charge is 0.488 e. The van der Waals surface area contributed by atoms with Crippen LogP contribution in [0.5, 0.6) is 5.75 Å².